The van der Waals surface area contributed by atoms with Gasteiger partial charge in [0.25, 0.3) is 0 Å². The summed E-state index contributed by atoms with van der Waals surface area (Å²) in [6.07, 6.45) is -0.460. The summed E-state index contributed by atoms with van der Waals surface area (Å²) in [6.45, 7) is 3.53. The molecule has 148 valence electrons. The van der Waals surface area contributed by atoms with Crippen LogP contribution >= 0.6 is 0 Å². The molecule has 3 aromatic carbocycles. The molecule has 4 heteroatoms. The fourth-order valence-electron chi connectivity index (χ4n) is 3.26. The topological polar surface area (TPSA) is 0 Å². The van der Waals surface area contributed by atoms with E-state index in [4.69, 9.17) is 0 Å². The molecule has 0 spiro atoms. The van der Waals surface area contributed by atoms with Crippen molar-refractivity contribution in [2.45, 2.75) is 32.4 Å². The van der Waals surface area contributed by atoms with Gasteiger partial charge in [-0.1, -0.05) is 49.1 Å². The summed E-state index contributed by atoms with van der Waals surface area (Å²) >= 11 is 0. The van der Waals surface area contributed by atoms with E-state index in [1.807, 2.05) is 31.2 Å². The average molecular weight is 396 g/mol. The minimum Gasteiger partial charge on any atom is -0.248 e. The Labute approximate surface area is 168 Å². The lowest BCUT2D eigenvalue weighted by atomic mass is 9.92. The molecule has 0 fully saturated rings. The number of alkyl halides is 1. The molecule has 2 atom stereocenters. The molecular weight excluding hydrogens is 376 g/mol. The van der Waals surface area contributed by atoms with E-state index in [1.165, 1.54) is 0 Å². The van der Waals surface area contributed by atoms with E-state index < -0.39 is 23.6 Å². The Morgan fingerprint density at radius 2 is 1.41 bits per heavy atom. The minimum absolute atomic E-state index is 0.0474. The van der Waals surface area contributed by atoms with E-state index in [0.29, 0.717) is 12.0 Å². The lowest BCUT2D eigenvalue weighted by Gasteiger charge is -2.14. The van der Waals surface area contributed by atoms with E-state index in [0.717, 1.165) is 28.8 Å². The van der Waals surface area contributed by atoms with Crippen LogP contribution in [0.15, 0.2) is 60.7 Å². The van der Waals surface area contributed by atoms with Gasteiger partial charge in [-0.15, -0.1) is 0 Å². The third-order valence-electron chi connectivity index (χ3n) is 4.71. The molecule has 0 bridgehead atoms. The van der Waals surface area contributed by atoms with E-state index in [1.54, 1.807) is 31.2 Å². The highest BCUT2D eigenvalue weighted by molar-refractivity contribution is 5.65. The van der Waals surface area contributed by atoms with Gasteiger partial charge in [0.15, 0.2) is 17.5 Å². The first kappa shape index (κ1) is 20.7. The van der Waals surface area contributed by atoms with Crippen molar-refractivity contribution < 1.29 is 17.6 Å². The van der Waals surface area contributed by atoms with Crippen LogP contribution in [0.1, 0.15) is 42.9 Å². The van der Waals surface area contributed by atoms with E-state index >= 15 is 0 Å². The molecular formula is C25H20F4. The molecule has 0 saturated heterocycles. The second-order valence-corrected chi connectivity index (χ2v) is 7.09. The lowest BCUT2D eigenvalue weighted by Crippen LogP contribution is -2.03. The summed E-state index contributed by atoms with van der Waals surface area (Å²) in [5.41, 5.74) is 3.36. The molecule has 0 amide bonds. The third kappa shape index (κ3) is 5.06. The van der Waals surface area contributed by atoms with Gasteiger partial charge in [-0.05, 0) is 66.3 Å². The van der Waals surface area contributed by atoms with Gasteiger partial charge >= 0.3 is 0 Å². The quantitative estimate of drug-likeness (QED) is 0.252. The van der Waals surface area contributed by atoms with E-state index in [-0.39, 0.29) is 11.5 Å². The second kappa shape index (κ2) is 8.96. The average Bonchev–Trinajstić information content (AvgIpc) is 2.70. The van der Waals surface area contributed by atoms with Gasteiger partial charge in [-0.2, -0.15) is 0 Å². The molecule has 29 heavy (non-hydrogen) atoms. The van der Waals surface area contributed by atoms with E-state index in [9.17, 15) is 17.6 Å². The fourth-order valence-corrected chi connectivity index (χ4v) is 3.26. The zero-order chi connectivity index (χ0) is 21.0. The highest BCUT2D eigenvalue weighted by Crippen LogP contribution is 2.26. The smallest absolute Gasteiger partial charge is 0.194 e. The molecule has 0 nitrogen and oxygen atoms in total. The standard InChI is InChI=1S/C25H20F4/c1-16(13-17(2)26)22-6-4-3-5-20(22)12-9-18-7-10-19(11-8-18)21-14-23(27)25(29)24(28)15-21/h3-8,10-11,14-17H,13H2,1-2H3. The first-order valence-electron chi connectivity index (χ1n) is 9.35. The summed E-state index contributed by atoms with van der Waals surface area (Å²) in [6, 6.07) is 16.4. The van der Waals surface area contributed by atoms with Gasteiger partial charge < -0.3 is 0 Å². The molecule has 0 aliphatic rings. The number of halogens is 4. The van der Waals surface area contributed by atoms with Crippen molar-refractivity contribution in [2.75, 3.05) is 0 Å². The lowest BCUT2D eigenvalue weighted by molar-refractivity contribution is 0.324. The third-order valence-corrected chi connectivity index (χ3v) is 4.71. The van der Waals surface area contributed by atoms with Gasteiger partial charge in [-0.25, -0.2) is 17.6 Å². The molecule has 0 N–H and O–H groups in total. The van der Waals surface area contributed by atoms with Gasteiger partial charge in [0.2, 0.25) is 0 Å². The Bertz CT molecular complexity index is 1030. The number of hydrogen-bond acceptors (Lipinski definition) is 0. The summed E-state index contributed by atoms with van der Waals surface area (Å²) in [7, 11) is 0. The summed E-state index contributed by atoms with van der Waals surface area (Å²) in [5, 5.41) is 0. The van der Waals surface area contributed by atoms with Crippen LogP contribution in [-0.4, -0.2) is 6.17 Å². The van der Waals surface area contributed by atoms with Crippen molar-refractivity contribution in [3.63, 3.8) is 0 Å². The zero-order valence-electron chi connectivity index (χ0n) is 16.1. The fraction of sp³-hybridized carbons (Fsp3) is 0.200. The normalized spacial score (nSPS) is 12.8. The Morgan fingerprint density at radius 1 is 0.793 bits per heavy atom. The van der Waals surface area contributed by atoms with Crippen molar-refractivity contribution in [1.82, 2.24) is 0 Å². The first-order valence-corrected chi connectivity index (χ1v) is 9.35. The summed E-state index contributed by atoms with van der Waals surface area (Å²) in [4.78, 5) is 0. The van der Waals surface area contributed by atoms with Gasteiger partial charge in [0.05, 0.1) is 6.17 Å². The zero-order valence-corrected chi connectivity index (χ0v) is 16.1. The van der Waals surface area contributed by atoms with Crippen LogP contribution in [0.25, 0.3) is 11.1 Å². The molecule has 0 aliphatic heterocycles. The van der Waals surface area contributed by atoms with Crippen LogP contribution in [0, 0.1) is 29.3 Å². The molecule has 0 saturated carbocycles. The van der Waals surface area contributed by atoms with Crippen LogP contribution in [0.5, 0.6) is 0 Å². The largest absolute Gasteiger partial charge is 0.248 e. The van der Waals surface area contributed by atoms with Crippen molar-refractivity contribution in [3.05, 3.63) is 94.8 Å². The van der Waals surface area contributed by atoms with Gasteiger partial charge in [-0.3, -0.25) is 0 Å². The van der Waals surface area contributed by atoms with Crippen LogP contribution in [-0.2, 0) is 0 Å². The van der Waals surface area contributed by atoms with Gasteiger partial charge in [0.1, 0.15) is 0 Å². The first-order chi connectivity index (χ1) is 13.8. The molecule has 3 rings (SSSR count). The maximum Gasteiger partial charge on any atom is 0.194 e. The van der Waals surface area contributed by atoms with Crippen LogP contribution < -0.4 is 0 Å². The van der Waals surface area contributed by atoms with Crippen molar-refractivity contribution >= 4 is 0 Å². The van der Waals surface area contributed by atoms with Gasteiger partial charge in [0, 0.05) is 11.1 Å². The Balaban J connectivity index is 1.85. The Kier molecular flexibility index (Phi) is 6.39. The van der Waals surface area contributed by atoms with Crippen LogP contribution in [0.4, 0.5) is 17.6 Å². The summed E-state index contributed by atoms with van der Waals surface area (Å²) in [5.74, 6) is 2.31. The Morgan fingerprint density at radius 3 is 2.03 bits per heavy atom. The predicted molar refractivity (Wildman–Crippen MR) is 108 cm³/mol. The number of rotatable bonds is 4. The van der Waals surface area contributed by atoms with Crippen molar-refractivity contribution in [2.24, 2.45) is 0 Å². The number of benzene rings is 3. The SMILES string of the molecule is CC(F)CC(C)c1ccccc1C#Cc1ccc(-c2cc(F)c(F)c(F)c2)cc1. The molecule has 0 aromatic heterocycles. The minimum atomic E-state index is -1.48. The van der Waals surface area contributed by atoms with Crippen LogP contribution in [0.3, 0.4) is 0 Å². The Hall–Kier alpha value is -3.06. The molecule has 0 aliphatic carbocycles. The molecule has 2 unspecified atom stereocenters. The number of hydrogen-bond donors (Lipinski definition) is 0. The predicted octanol–water partition coefficient (Wildman–Crippen LogP) is 7.02. The maximum atomic E-state index is 13.4. The highest BCUT2D eigenvalue weighted by Gasteiger charge is 2.13. The molecule has 0 heterocycles. The highest BCUT2D eigenvalue weighted by atomic mass is 19.2. The van der Waals surface area contributed by atoms with Crippen LogP contribution in [0.2, 0.25) is 0 Å². The maximum absolute atomic E-state index is 13.4. The molecule has 3 aromatic rings. The van der Waals surface area contributed by atoms with E-state index in [2.05, 4.69) is 11.8 Å². The molecule has 0 radical (unpaired) electrons. The van der Waals surface area contributed by atoms with Crippen molar-refractivity contribution in [1.29, 1.82) is 0 Å². The second-order valence-electron chi connectivity index (χ2n) is 7.09. The van der Waals surface area contributed by atoms with Crippen molar-refractivity contribution in [3.8, 4) is 23.0 Å². The summed E-state index contributed by atoms with van der Waals surface area (Å²) < 4.78 is 53.4. The monoisotopic (exact) mass is 396 g/mol.